The van der Waals surface area contributed by atoms with Crippen molar-refractivity contribution in [1.82, 2.24) is 20.2 Å². The lowest BCUT2D eigenvalue weighted by Gasteiger charge is -2.21. The monoisotopic (exact) mass is 287 g/mol. The van der Waals surface area contributed by atoms with Crippen molar-refractivity contribution in [2.45, 2.75) is 18.9 Å². The summed E-state index contributed by atoms with van der Waals surface area (Å²) in [6.07, 6.45) is 6.92. The molecule has 3 fully saturated rings. The standard InChI is InChI=1S/C14H17N5O2/c20-13-12-7-18(14(21)17-10-1-2-10)5-9(12)6-19(13)11-3-15-8-16-4-11/h3-4,8-10,12H,1-2,5-7H2,(H,17,21)/t9-,12-/m1/s1. The molecule has 0 spiro atoms. The van der Waals surface area contributed by atoms with E-state index >= 15 is 0 Å². The number of anilines is 1. The van der Waals surface area contributed by atoms with Crippen LogP contribution in [0.2, 0.25) is 0 Å². The van der Waals surface area contributed by atoms with Gasteiger partial charge >= 0.3 is 6.03 Å². The summed E-state index contributed by atoms with van der Waals surface area (Å²) in [4.78, 5) is 36.0. The van der Waals surface area contributed by atoms with E-state index in [9.17, 15) is 9.59 Å². The van der Waals surface area contributed by atoms with Gasteiger partial charge in [-0.2, -0.15) is 0 Å². The average Bonchev–Trinajstić information content (AvgIpc) is 3.12. The maximum Gasteiger partial charge on any atom is 0.317 e. The molecule has 0 bridgehead atoms. The van der Waals surface area contributed by atoms with Gasteiger partial charge in [-0.3, -0.25) is 4.79 Å². The van der Waals surface area contributed by atoms with E-state index in [1.54, 1.807) is 22.2 Å². The summed E-state index contributed by atoms with van der Waals surface area (Å²) in [6, 6.07) is 0.334. The average molecular weight is 287 g/mol. The lowest BCUT2D eigenvalue weighted by atomic mass is 10.0. The number of hydrogen-bond donors (Lipinski definition) is 1. The quantitative estimate of drug-likeness (QED) is 0.845. The van der Waals surface area contributed by atoms with E-state index in [1.165, 1.54) is 6.33 Å². The summed E-state index contributed by atoms with van der Waals surface area (Å²) in [6.45, 7) is 1.81. The van der Waals surface area contributed by atoms with Crippen molar-refractivity contribution in [1.29, 1.82) is 0 Å². The summed E-state index contributed by atoms with van der Waals surface area (Å²) in [5.74, 6) is 0.203. The Balaban J connectivity index is 1.43. The first-order valence-corrected chi connectivity index (χ1v) is 7.34. The summed E-state index contributed by atoms with van der Waals surface area (Å²) < 4.78 is 0. The Bertz CT molecular complexity index is 574. The molecule has 7 heteroatoms. The zero-order valence-electron chi connectivity index (χ0n) is 11.6. The largest absolute Gasteiger partial charge is 0.335 e. The van der Waals surface area contributed by atoms with E-state index < -0.39 is 0 Å². The predicted molar refractivity (Wildman–Crippen MR) is 74.5 cm³/mol. The molecular formula is C14H17N5O2. The summed E-state index contributed by atoms with van der Waals surface area (Å²) in [7, 11) is 0. The second-order valence-corrected chi connectivity index (χ2v) is 6.04. The molecule has 110 valence electrons. The predicted octanol–water partition coefficient (Wildman–Crippen LogP) is 0.243. The highest BCUT2D eigenvalue weighted by atomic mass is 16.2. The summed E-state index contributed by atoms with van der Waals surface area (Å²) >= 11 is 0. The van der Waals surface area contributed by atoms with Gasteiger partial charge in [-0.05, 0) is 12.8 Å². The van der Waals surface area contributed by atoms with E-state index in [2.05, 4.69) is 15.3 Å². The third-order valence-electron chi connectivity index (χ3n) is 4.49. The van der Waals surface area contributed by atoms with Gasteiger partial charge in [-0.1, -0.05) is 0 Å². The van der Waals surface area contributed by atoms with Crippen LogP contribution < -0.4 is 10.2 Å². The number of amides is 3. The van der Waals surface area contributed by atoms with Gasteiger partial charge < -0.3 is 15.1 Å². The van der Waals surface area contributed by atoms with E-state index in [-0.39, 0.29) is 23.8 Å². The lowest BCUT2D eigenvalue weighted by molar-refractivity contribution is -0.120. The van der Waals surface area contributed by atoms with Crippen molar-refractivity contribution < 1.29 is 9.59 Å². The van der Waals surface area contributed by atoms with Crippen LogP contribution in [-0.4, -0.2) is 52.5 Å². The smallest absolute Gasteiger partial charge is 0.317 e. The minimum absolute atomic E-state index is 0.0192. The van der Waals surface area contributed by atoms with Gasteiger partial charge in [0, 0.05) is 31.6 Å². The summed E-state index contributed by atoms with van der Waals surface area (Å²) in [5.41, 5.74) is 0.742. The number of aromatic nitrogens is 2. The summed E-state index contributed by atoms with van der Waals surface area (Å²) in [5, 5.41) is 2.98. The molecule has 1 N–H and O–H groups in total. The van der Waals surface area contributed by atoms with Crippen molar-refractivity contribution in [3.63, 3.8) is 0 Å². The van der Waals surface area contributed by atoms with Gasteiger partial charge in [-0.25, -0.2) is 14.8 Å². The number of likely N-dealkylation sites (tertiary alicyclic amines) is 1. The first-order chi connectivity index (χ1) is 10.2. The molecule has 1 aliphatic carbocycles. The Kier molecular flexibility index (Phi) is 2.80. The second-order valence-electron chi connectivity index (χ2n) is 6.04. The van der Waals surface area contributed by atoms with Gasteiger partial charge in [0.05, 0.1) is 24.0 Å². The molecule has 7 nitrogen and oxygen atoms in total. The van der Waals surface area contributed by atoms with E-state index in [1.807, 2.05) is 0 Å². The maximum absolute atomic E-state index is 12.5. The first kappa shape index (κ1) is 12.6. The molecule has 2 aliphatic heterocycles. The molecule has 0 radical (unpaired) electrons. The minimum atomic E-state index is -0.0878. The van der Waals surface area contributed by atoms with Gasteiger partial charge in [0.1, 0.15) is 6.33 Å². The van der Waals surface area contributed by atoms with Crippen LogP contribution in [0.1, 0.15) is 12.8 Å². The Morgan fingerprint density at radius 2 is 1.95 bits per heavy atom. The zero-order chi connectivity index (χ0) is 14.4. The normalized spacial score (nSPS) is 27.9. The van der Waals surface area contributed by atoms with Crippen molar-refractivity contribution in [3.8, 4) is 0 Å². The van der Waals surface area contributed by atoms with Crippen LogP contribution >= 0.6 is 0 Å². The van der Waals surface area contributed by atoms with Crippen LogP contribution in [-0.2, 0) is 4.79 Å². The van der Waals surface area contributed by atoms with Crippen molar-refractivity contribution in [2.75, 3.05) is 24.5 Å². The van der Waals surface area contributed by atoms with Crippen LogP contribution in [0.15, 0.2) is 18.7 Å². The Labute approximate surface area is 122 Å². The fourth-order valence-corrected chi connectivity index (χ4v) is 3.18. The van der Waals surface area contributed by atoms with Gasteiger partial charge in [0.25, 0.3) is 0 Å². The SMILES string of the molecule is O=C(NC1CC1)N1C[C@@H]2CN(c3cncnc3)C(=O)[C@@H]2C1. The molecule has 2 saturated heterocycles. The number of nitrogens with one attached hydrogen (secondary N) is 1. The number of fused-ring (bicyclic) bond motifs is 1. The number of urea groups is 1. The molecular weight excluding hydrogens is 270 g/mol. The van der Waals surface area contributed by atoms with Crippen LogP contribution in [0, 0.1) is 11.8 Å². The van der Waals surface area contributed by atoms with E-state index in [0.29, 0.717) is 25.7 Å². The first-order valence-electron chi connectivity index (χ1n) is 7.34. The molecule has 1 aromatic rings. The zero-order valence-corrected chi connectivity index (χ0v) is 11.6. The third-order valence-corrected chi connectivity index (χ3v) is 4.49. The molecule has 3 aliphatic rings. The van der Waals surface area contributed by atoms with Crippen LogP contribution in [0.4, 0.5) is 10.5 Å². The van der Waals surface area contributed by atoms with Gasteiger partial charge in [0.15, 0.2) is 0 Å². The minimum Gasteiger partial charge on any atom is -0.335 e. The third kappa shape index (κ3) is 2.22. The second kappa shape index (κ2) is 4.68. The van der Waals surface area contributed by atoms with Crippen molar-refractivity contribution >= 4 is 17.6 Å². The fourth-order valence-electron chi connectivity index (χ4n) is 3.18. The number of hydrogen-bond acceptors (Lipinski definition) is 4. The van der Waals surface area contributed by atoms with Gasteiger partial charge in [0.2, 0.25) is 5.91 Å². The van der Waals surface area contributed by atoms with Crippen molar-refractivity contribution in [3.05, 3.63) is 18.7 Å². The molecule has 0 aromatic carbocycles. The molecule has 0 unspecified atom stereocenters. The molecule has 3 amide bonds. The molecule has 1 aromatic heterocycles. The molecule has 4 rings (SSSR count). The Morgan fingerprint density at radius 1 is 1.19 bits per heavy atom. The van der Waals surface area contributed by atoms with E-state index in [0.717, 1.165) is 18.5 Å². The molecule has 21 heavy (non-hydrogen) atoms. The highest BCUT2D eigenvalue weighted by molar-refractivity contribution is 5.98. The Hall–Kier alpha value is -2.18. The number of rotatable bonds is 2. The highest BCUT2D eigenvalue weighted by Gasteiger charge is 2.48. The van der Waals surface area contributed by atoms with Crippen molar-refractivity contribution in [2.24, 2.45) is 11.8 Å². The Morgan fingerprint density at radius 3 is 2.62 bits per heavy atom. The van der Waals surface area contributed by atoms with Gasteiger partial charge in [-0.15, -0.1) is 0 Å². The number of carbonyl (C=O) groups is 2. The molecule has 1 saturated carbocycles. The fraction of sp³-hybridized carbons (Fsp3) is 0.571. The van der Waals surface area contributed by atoms with Crippen LogP contribution in [0.3, 0.4) is 0 Å². The lowest BCUT2D eigenvalue weighted by Crippen LogP contribution is -2.42. The van der Waals surface area contributed by atoms with Crippen LogP contribution in [0.25, 0.3) is 0 Å². The highest BCUT2D eigenvalue weighted by Crippen LogP contribution is 2.34. The van der Waals surface area contributed by atoms with Crippen LogP contribution in [0.5, 0.6) is 0 Å². The van der Waals surface area contributed by atoms with E-state index in [4.69, 9.17) is 0 Å². The number of carbonyl (C=O) groups excluding carboxylic acids is 2. The topological polar surface area (TPSA) is 78.4 Å². The molecule has 3 heterocycles. The molecule has 2 atom stereocenters. The maximum atomic E-state index is 12.5. The number of nitrogens with zero attached hydrogens (tertiary/aromatic N) is 4.